The van der Waals surface area contributed by atoms with Crippen LogP contribution in [0.5, 0.6) is 0 Å². The van der Waals surface area contributed by atoms with Gasteiger partial charge in [0.1, 0.15) is 0 Å². The lowest BCUT2D eigenvalue weighted by Gasteiger charge is -2.37. The number of aliphatic hydroxyl groups is 1. The van der Waals surface area contributed by atoms with Crippen molar-refractivity contribution in [2.24, 2.45) is 17.3 Å². The van der Waals surface area contributed by atoms with E-state index in [9.17, 15) is 5.11 Å². The summed E-state index contributed by atoms with van der Waals surface area (Å²) in [5.41, 5.74) is 0.101. The van der Waals surface area contributed by atoms with Crippen molar-refractivity contribution in [1.29, 1.82) is 0 Å². The molecule has 1 N–H and O–H groups in total. The Hall–Kier alpha value is -0.0400. The van der Waals surface area contributed by atoms with Gasteiger partial charge < -0.3 is 5.11 Å². The van der Waals surface area contributed by atoms with Gasteiger partial charge in [-0.3, -0.25) is 0 Å². The van der Waals surface area contributed by atoms with Crippen molar-refractivity contribution in [2.45, 2.75) is 60.5 Å². The third-order valence-electron chi connectivity index (χ3n) is 3.88. The van der Waals surface area contributed by atoms with Gasteiger partial charge in [0, 0.05) is 0 Å². The predicted molar refractivity (Wildman–Crippen MR) is 58.7 cm³/mol. The first-order valence-corrected chi connectivity index (χ1v) is 5.57. The standard InChI is InChI=1S/C12H26O/c1-7-12(6,8-2)11(13)10(5)9(3)4/h9-11,13H,7-8H2,1-6H3. The number of aliphatic hydroxyl groups excluding tert-OH is 1. The third-order valence-corrected chi connectivity index (χ3v) is 3.88. The van der Waals surface area contributed by atoms with Crippen LogP contribution in [-0.2, 0) is 0 Å². The summed E-state index contributed by atoms with van der Waals surface area (Å²) in [6.45, 7) is 13.0. The highest BCUT2D eigenvalue weighted by atomic mass is 16.3. The van der Waals surface area contributed by atoms with E-state index in [0.717, 1.165) is 12.8 Å². The van der Waals surface area contributed by atoms with Gasteiger partial charge >= 0.3 is 0 Å². The van der Waals surface area contributed by atoms with Crippen LogP contribution >= 0.6 is 0 Å². The highest BCUT2D eigenvalue weighted by Crippen LogP contribution is 2.35. The number of hydrogen-bond acceptors (Lipinski definition) is 1. The van der Waals surface area contributed by atoms with E-state index in [0.29, 0.717) is 11.8 Å². The molecule has 80 valence electrons. The van der Waals surface area contributed by atoms with Crippen molar-refractivity contribution in [1.82, 2.24) is 0 Å². The Labute approximate surface area is 83.5 Å². The first-order chi connectivity index (χ1) is 5.89. The maximum absolute atomic E-state index is 10.2. The lowest BCUT2D eigenvalue weighted by molar-refractivity contribution is -0.0228. The molecule has 0 aliphatic heterocycles. The van der Waals surface area contributed by atoms with Crippen LogP contribution in [0, 0.1) is 17.3 Å². The van der Waals surface area contributed by atoms with E-state index in [4.69, 9.17) is 0 Å². The van der Waals surface area contributed by atoms with Gasteiger partial charge in [-0.15, -0.1) is 0 Å². The summed E-state index contributed by atoms with van der Waals surface area (Å²) >= 11 is 0. The number of rotatable bonds is 5. The zero-order chi connectivity index (χ0) is 10.6. The smallest absolute Gasteiger partial charge is 0.0621 e. The van der Waals surface area contributed by atoms with E-state index < -0.39 is 0 Å². The van der Waals surface area contributed by atoms with Crippen LogP contribution in [0.25, 0.3) is 0 Å². The van der Waals surface area contributed by atoms with Crippen LogP contribution < -0.4 is 0 Å². The first-order valence-electron chi connectivity index (χ1n) is 5.57. The average Bonchev–Trinajstić information content (AvgIpc) is 2.14. The predicted octanol–water partition coefficient (Wildman–Crippen LogP) is 3.47. The number of hydrogen-bond donors (Lipinski definition) is 1. The molecule has 0 fully saturated rings. The molecule has 0 saturated heterocycles. The second-order valence-electron chi connectivity index (χ2n) is 4.91. The Balaban J connectivity index is 4.45. The van der Waals surface area contributed by atoms with E-state index in [2.05, 4.69) is 41.5 Å². The summed E-state index contributed by atoms with van der Waals surface area (Å²) in [7, 11) is 0. The van der Waals surface area contributed by atoms with Gasteiger partial charge in [-0.05, 0) is 30.1 Å². The molecule has 0 rings (SSSR count). The van der Waals surface area contributed by atoms with Gasteiger partial charge in [-0.25, -0.2) is 0 Å². The maximum Gasteiger partial charge on any atom is 0.0621 e. The van der Waals surface area contributed by atoms with Gasteiger partial charge in [-0.2, -0.15) is 0 Å². The van der Waals surface area contributed by atoms with Crippen molar-refractivity contribution in [2.75, 3.05) is 0 Å². The molecular weight excluding hydrogens is 160 g/mol. The minimum atomic E-state index is -0.164. The summed E-state index contributed by atoms with van der Waals surface area (Å²) in [5.74, 6) is 0.956. The minimum absolute atomic E-state index is 0.101. The molecule has 0 bridgehead atoms. The largest absolute Gasteiger partial charge is 0.392 e. The molecule has 1 nitrogen and oxygen atoms in total. The lowest BCUT2D eigenvalue weighted by atomic mass is 9.72. The Morgan fingerprint density at radius 3 is 1.69 bits per heavy atom. The molecule has 0 aromatic rings. The van der Waals surface area contributed by atoms with Crippen LogP contribution in [-0.4, -0.2) is 11.2 Å². The summed E-state index contributed by atoms with van der Waals surface area (Å²) in [5, 5.41) is 10.2. The van der Waals surface area contributed by atoms with Gasteiger partial charge in [0.05, 0.1) is 6.10 Å². The van der Waals surface area contributed by atoms with E-state index in [1.807, 2.05) is 0 Å². The van der Waals surface area contributed by atoms with E-state index >= 15 is 0 Å². The van der Waals surface area contributed by atoms with Crippen molar-refractivity contribution in [3.63, 3.8) is 0 Å². The molecule has 1 heteroatoms. The molecule has 0 radical (unpaired) electrons. The summed E-state index contributed by atoms with van der Waals surface area (Å²) < 4.78 is 0. The molecule has 0 aliphatic carbocycles. The van der Waals surface area contributed by atoms with Crippen LogP contribution in [0.4, 0.5) is 0 Å². The molecule has 2 atom stereocenters. The second kappa shape index (κ2) is 4.99. The van der Waals surface area contributed by atoms with Gasteiger partial charge in [0.2, 0.25) is 0 Å². The van der Waals surface area contributed by atoms with Crippen LogP contribution in [0.15, 0.2) is 0 Å². The summed E-state index contributed by atoms with van der Waals surface area (Å²) in [4.78, 5) is 0. The molecule has 0 aromatic heterocycles. The van der Waals surface area contributed by atoms with Crippen LogP contribution in [0.2, 0.25) is 0 Å². The molecule has 0 spiro atoms. The van der Waals surface area contributed by atoms with Gasteiger partial charge in [0.15, 0.2) is 0 Å². The highest BCUT2D eigenvalue weighted by molar-refractivity contribution is 4.84. The molecule has 0 aliphatic rings. The minimum Gasteiger partial charge on any atom is -0.392 e. The van der Waals surface area contributed by atoms with Gasteiger partial charge in [0.25, 0.3) is 0 Å². The molecule has 13 heavy (non-hydrogen) atoms. The third kappa shape index (κ3) is 2.98. The Morgan fingerprint density at radius 2 is 1.46 bits per heavy atom. The monoisotopic (exact) mass is 186 g/mol. The zero-order valence-corrected chi connectivity index (χ0v) is 10.1. The molecule has 0 amide bonds. The molecule has 0 heterocycles. The first kappa shape index (κ1) is 13.0. The van der Waals surface area contributed by atoms with Crippen LogP contribution in [0.1, 0.15) is 54.4 Å². The van der Waals surface area contributed by atoms with E-state index in [1.54, 1.807) is 0 Å². The fraction of sp³-hybridized carbons (Fsp3) is 1.00. The molecular formula is C12H26O. The van der Waals surface area contributed by atoms with E-state index in [-0.39, 0.29) is 11.5 Å². The molecule has 0 aromatic carbocycles. The van der Waals surface area contributed by atoms with E-state index in [1.165, 1.54) is 0 Å². The maximum atomic E-state index is 10.2. The van der Waals surface area contributed by atoms with Crippen molar-refractivity contribution in [3.8, 4) is 0 Å². The second-order valence-corrected chi connectivity index (χ2v) is 4.91. The molecule has 0 saturated carbocycles. The Bertz CT molecular complexity index is 136. The topological polar surface area (TPSA) is 20.2 Å². The van der Waals surface area contributed by atoms with Crippen molar-refractivity contribution < 1.29 is 5.11 Å². The SMILES string of the molecule is CCC(C)(CC)C(O)C(C)C(C)C. The quantitative estimate of drug-likeness (QED) is 0.697. The molecule has 2 unspecified atom stereocenters. The van der Waals surface area contributed by atoms with Gasteiger partial charge in [-0.1, -0.05) is 41.5 Å². The Kier molecular flexibility index (Phi) is 4.98. The fourth-order valence-electron chi connectivity index (χ4n) is 1.67. The highest BCUT2D eigenvalue weighted by Gasteiger charge is 2.34. The summed E-state index contributed by atoms with van der Waals surface area (Å²) in [6.07, 6.45) is 1.95. The zero-order valence-electron chi connectivity index (χ0n) is 10.1. The lowest BCUT2D eigenvalue weighted by Crippen LogP contribution is -2.38. The summed E-state index contributed by atoms with van der Waals surface area (Å²) in [6, 6.07) is 0. The van der Waals surface area contributed by atoms with Crippen LogP contribution in [0.3, 0.4) is 0 Å². The van der Waals surface area contributed by atoms with Crippen molar-refractivity contribution >= 4 is 0 Å². The normalized spacial score (nSPS) is 17.5. The Morgan fingerprint density at radius 1 is 1.08 bits per heavy atom. The fourth-order valence-corrected chi connectivity index (χ4v) is 1.67. The van der Waals surface area contributed by atoms with Crippen molar-refractivity contribution in [3.05, 3.63) is 0 Å². The average molecular weight is 186 g/mol.